The van der Waals surface area contributed by atoms with Crippen LogP contribution in [0.25, 0.3) is 0 Å². The van der Waals surface area contributed by atoms with Crippen molar-refractivity contribution < 1.29 is 81.8 Å². The molecule has 0 spiro atoms. The molecule has 18 unspecified atom stereocenters. The van der Waals surface area contributed by atoms with Gasteiger partial charge in [0.15, 0.2) is 25.2 Å². The van der Waals surface area contributed by atoms with Crippen LogP contribution in [0, 0.1) is 28.6 Å². The number of hydrogen-bond donors (Lipinski definition) is 3. The van der Waals surface area contributed by atoms with Crippen LogP contribution in [0.5, 0.6) is 0 Å². The first-order valence-electron chi connectivity index (χ1n) is 26.1. The van der Waals surface area contributed by atoms with E-state index in [4.69, 9.17) is 56.8 Å². The van der Waals surface area contributed by atoms with Crippen molar-refractivity contribution in [2.75, 3.05) is 21.3 Å². The monoisotopic (exact) mass is 993 g/mol. The van der Waals surface area contributed by atoms with Gasteiger partial charge in [0, 0.05) is 63.9 Å². The SMILES string of the molecule is CC=C(C)C(=O)O[C@@H]1CC2C(CC=C3C[C@@H](OC4CC(OC)C(OC5CC(OC)C(OC6CC(O)C(OC7CC(OC)C(O)C(C)O7)C(C)O6)C(C)O5)C(C)O4)CC[C@@]32C)[C@@]2(O)CC[C@H](C(C)=O)[C@@]12C. The predicted octanol–water partition coefficient (Wildman–Crippen LogP) is 5.60. The number of aliphatic hydroxyl groups excluding tert-OH is 2. The maximum absolute atomic E-state index is 13.3. The first kappa shape index (κ1) is 54.3. The van der Waals surface area contributed by atoms with Crippen LogP contribution in [-0.2, 0) is 66.4 Å². The quantitative estimate of drug-likeness (QED) is 0.110. The predicted molar refractivity (Wildman–Crippen MR) is 252 cm³/mol. The molecule has 0 aromatic carbocycles. The third kappa shape index (κ3) is 10.1. The van der Waals surface area contributed by atoms with Gasteiger partial charge in [-0.2, -0.15) is 0 Å². The molecule has 3 N–H and O–H groups in total. The fourth-order valence-corrected chi connectivity index (χ4v) is 14.2. The van der Waals surface area contributed by atoms with Gasteiger partial charge in [-0.05, 0) is 111 Å². The van der Waals surface area contributed by atoms with Crippen molar-refractivity contribution in [3.63, 3.8) is 0 Å². The molecule has 0 bridgehead atoms. The maximum Gasteiger partial charge on any atom is 0.333 e. The summed E-state index contributed by atoms with van der Waals surface area (Å²) in [5, 5.41) is 34.5. The van der Waals surface area contributed by atoms with E-state index >= 15 is 0 Å². The Bertz CT molecular complexity index is 1880. The highest BCUT2D eigenvalue weighted by molar-refractivity contribution is 5.88. The number of allylic oxidation sites excluding steroid dienone is 2. The minimum Gasteiger partial charge on any atom is -0.458 e. The molecule has 0 amide bonds. The smallest absolute Gasteiger partial charge is 0.333 e. The van der Waals surface area contributed by atoms with Gasteiger partial charge in [0.2, 0.25) is 0 Å². The van der Waals surface area contributed by atoms with Crippen molar-refractivity contribution in [3.8, 4) is 0 Å². The molecule has 24 atom stereocenters. The zero-order valence-corrected chi connectivity index (χ0v) is 43.6. The number of ketones is 1. The van der Waals surface area contributed by atoms with E-state index in [9.17, 15) is 24.9 Å². The van der Waals surface area contributed by atoms with Crippen molar-refractivity contribution in [2.45, 2.75) is 249 Å². The summed E-state index contributed by atoms with van der Waals surface area (Å²) in [6.45, 7) is 16.9. The number of fused-ring (bicyclic) bond motifs is 5. The summed E-state index contributed by atoms with van der Waals surface area (Å²) in [5.74, 6) is -0.738. The molecular formula is C53H84O17. The fourth-order valence-electron chi connectivity index (χ4n) is 14.2. The highest BCUT2D eigenvalue weighted by Gasteiger charge is 2.71. The average Bonchev–Trinajstić information content (AvgIpc) is 3.61. The zero-order valence-electron chi connectivity index (χ0n) is 43.6. The number of ether oxygens (including phenoxy) is 12. The van der Waals surface area contributed by atoms with Crippen LogP contribution in [-0.4, -0.2) is 165 Å². The summed E-state index contributed by atoms with van der Waals surface area (Å²) < 4.78 is 75.0. The number of rotatable bonds is 14. The average molecular weight is 993 g/mol. The number of esters is 1. The summed E-state index contributed by atoms with van der Waals surface area (Å²) in [7, 11) is 4.85. The van der Waals surface area contributed by atoms with Crippen molar-refractivity contribution >= 4 is 11.8 Å². The van der Waals surface area contributed by atoms with Crippen molar-refractivity contribution in [1.82, 2.24) is 0 Å². The summed E-state index contributed by atoms with van der Waals surface area (Å²) in [6.07, 6.45) is 0.405. The Labute approximate surface area is 414 Å². The fraction of sp³-hybridized carbons (Fsp3) is 0.887. The molecule has 7 fully saturated rings. The molecule has 0 aromatic heterocycles. The second kappa shape index (κ2) is 21.7. The van der Waals surface area contributed by atoms with Crippen molar-refractivity contribution in [2.24, 2.45) is 28.6 Å². The Balaban J connectivity index is 0.850. The van der Waals surface area contributed by atoms with Gasteiger partial charge >= 0.3 is 5.97 Å². The standard InChI is InChI=1S/C53H84O17/c1-13-26(2)50(57)67-41-21-36-35(53(58)19-17-34(27(3)54)52(41,53)9)15-14-32-20-33(16-18-51(32,36)8)66-43-24-39(60-11)49(30(6)64-43)70-45-25-40(61-12)48(31(7)65-45)69-42-22-37(55)47(29(5)63-42)68-44-23-38(59-10)46(56)28(4)62-44/h13-14,28-31,33-49,55-56,58H,15-25H2,1-12H3/t28?,29?,30?,31?,33-,34+,35?,36?,37?,38?,39?,40?,41+,42?,43?,44?,45?,46?,47?,48?,49?,51-,52-,53-/m0/s1. The Hall–Kier alpha value is -1.94. The minimum atomic E-state index is -1.15. The molecule has 3 saturated carbocycles. The first-order valence-corrected chi connectivity index (χ1v) is 26.1. The third-order valence-electron chi connectivity index (χ3n) is 18.5. The van der Waals surface area contributed by atoms with E-state index in [1.54, 1.807) is 48.2 Å². The maximum atomic E-state index is 13.3. The van der Waals surface area contributed by atoms with E-state index in [0.717, 1.165) is 19.3 Å². The number of Topliss-reactive ketones (excluding diaryl/α,β-unsaturated/α-hetero) is 1. The number of carbonyl (C=O) groups excluding carboxylic acids is 2. The number of aliphatic hydroxyl groups is 3. The lowest BCUT2D eigenvalue weighted by atomic mass is 9.45. The van der Waals surface area contributed by atoms with Gasteiger partial charge < -0.3 is 72.2 Å². The van der Waals surface area contributed by atoms with E-state index in [1.165, 1.54) is 5.57 Å². The Morgan fingerprint density at radius 2 is 1.21 bits per heavy atom. The second-order valence-corrected chi connectivity index (χ2v) is 22.3. The normalized spacial score (nSPS) is 49.8. The van der Waals surface area contributed by atoms with Crippen molar-refractivity contribution in [3.05, 3.63) is 23.3 Å². The summed E-state index contributed by atoms with van der Waals surface area (Å²) in [5.41, 5.74) is -0.451. The lowest BCUT2D eigenvalue weighted by Gasteiger charge is -2.63. The molecular weight excluding hydrogens is 909 g/mol. The molecule has 8 rings (SSSR count). The van der Waals surface area contributed by atoms with Gasteiger partial charge in [-0.3, -0.25) is 4.79 Å². The van der Waals surface area contributed by atoms with Crippen LogP contribution < -0.4 is 0 Å². The Morgan fingerprint density at radius 3 is 1.77 bits per heavy atom. The molecule has 4 heterocycles. The topological polar surface area (TPSA) is 206 Å². The summed E-state index contributed by atoms with van der Waals surface area (Å²) in [6, 6.07) is 0. The van der Waals surface area contributed by atoms with E-state index in [1.807, 2.05) is 34.6 Å². The van der Waals surface area contributed by atoms with Gasteiger partial charge in [-0.25, -0.2) is 4.79 Å². The van der Waals surface area contributed by atoms with Crippen LogP contribution in [0.3, 0.4) is 0 Å². The highest BCUT2D eigenvalue weighted by atomic mass is 16.8. The number of hydrogen-bond acceptors (Lipinski definition) is 17. The van der Waals surface area contributed by atoms with Gasteiger partial charge in [0.1, 0.15) is 36.3 Å². The van der Waals surface area contributed by atoms with Crippen LogP contribution in [0.4, 0.5) is 0 Å². The van der Waals surface area contributed by atoms with Crippen molar-refractivity contribution in [1.29, 1.82) is 0 Å². The van der Waals surface area contributed by atoms with Gasteiger partial charge in [0.25, 0.3) is 0 Å². The first-order chi connectivity index (χ1) is 33.2. The minimum absolute atomic E-state index is 0.0387. The van der Waals surface area contributed by atoms with Gasteiger partial charge in [0.05, 0.1) is 60.5 Å². The summed E-state index contributed by atoms with van der Waals surface area (Å²) >= 11 is 0. The summed E-state index contributed by atoms with van der Waals surface area (Å²) in [4.78, 5) is 26.5. The Kier molecular flexibility index (Phi) is 16.9. The van der Waals surface area contributed by atoms with Crippen LogP contribution >= 0.6 is 0 Å². The van der Waals surface area contributed by atoms with Crippen LogP contribution in [0.2, 0.25) is 0 Å². The lowest BCUT2D eigenvalue weighted by molar-refractivity contribution is -0.346. The molecule has 8 aliphatic rings. The molecule has 0 aromatic rings. The highest BCUT2D eigenvalue weighted by Crippen LogP contribution is 2.68. The Morgan fingerprint density at radius 1 is 0.686 bits per heavy atom. The molecule has 17 heteroatoms. The molecule has 70 heavy (non-hydrogen) atoms. The lowest BCUT2D eigenvalue weighted by Crippen LogP contribution is -2.66. The molecule has 4 aliphatic heterocycles. The van der Waals surface area contributed by atoms with E-state index in [0.29, 0.717) is 50.5 Å². The van der Waals surface area contributed by atoms with E-state index < -0.39 is 115 Å². The van der Waals surface area contributed by atoms with Gasteiger partial charge in [-0.1, -0.05) is 31.6 Å². The molecule has 17 nitrogen and oxygen atoms in total. The van der Waals surface area contributed by atoms with E-state index in [2.05, 4.69) is 13.0 Å². The zero-order chi connectivity index (χ0) is 50.6. The number of carbonyl (C=O) groups is 2. The van der Waals surface area contributed by atoms with Crippen LogP contribution in [0.15, 0.2) is 23.3 Å². The largest absolute Gasteiger partial charge is 0.458 e. The number of methoxy groups -OCH3 is 3. The molecule has 4 saturated heterocycles. The molecule has 4 aliphatic carbocycles. The van der Waals surface area contributed by atoms with Gasteiger partial charge in [-0.15, -0.1) is 0 Å². The second-order valence-electron chi connectivity index (χ2n) is 22.3. The molecule has 0 radical (unpaired) electrons. The third-order valence-corrected chi connectivity index (χ3v) is 18.5. The van der Waals surface area contributed by atoms with E-state index in [-0.39, 0.29) is 47.6 Å². The van der Waals surface area contributed by atoms with Crippen LogP contribution in [0.1, 0.15) is 133 Å². The molecule has 398 valence electrons.